The summed E-state index contributed by atoms with van der Waals surface area (Å²) in [5, 5.41) is 5.51. The van der Waals surface area contributed by atoms with Crippen LogP contribution < -0.4 is 5.32 Å². The standard InChI is InChI=1S/C13H13Cl2N3/c1-2-11-17-12-9(5-7(14)6-10(12)15)13(18-11)16-8-3-4-8/h5-6,8H,2-4H2,1H3,(H,16,17,18). The molecule has 1 N–H and O–H groups in total. The summed E-state index contributed by atoms with van der Waals surface area (Å²) in [5.41, 5.74) is 0.774. The fraction of sp³-hybridized carbons (Fsp3) is 0.385. The van der Waals surface area contributed by atoms with Crippen molar-refractivity contribution in [2.75, 3.05) is 5.32 Å². The van der Waals surface area contributed by atoms with Gasteiger partial charge in [0.25, 0.3) is 0 Å². The first-order valence-corrected chi connectivity index (χ1v) is 6.85. The first-order valence-electron chi connectivity index (χ1n) is 6.09. The Morgan fingerprint density at radius 3 is 2.72 bits per heavy atom. The van der Waals surface area contributed by atoms with E-state index in [0.717, 1.165) is 29.0 Å². The number of nitrogens with one attached hydrogen (secondary N) is 1. The van der Waals surface area contributed by atoms with E-state index in [1.807, 2.05) is 13.0 Å². The van der Waals surface area contributed by atoms with Crippen molar-refractivity contribution in [2.24, 2.45) is 0 Å². The van der Waals surface area contributed by atoms with Gasteiger partial charge in [0.15, 0.2) is 0 Å². The lowest BCUT2D eigenvalue weighted by atomic mass is 10.2. The van der Waals surface area contributed by atoms with Crippen LogP contribution in [0.3, 0.4) is 0 Å². The fourth-order valence-corrected chi connectivity index (χ4v) is 2.43. The average molecular weight is 282 g/mol. The third-order valence-corrected chi connectivity index (χ3v) is 3.51. The highest BCUT2D eigenvalue weighted by Crippen LogP contribution is 2.33. The summed E-state index contributed by atoms with van der Waals surface area (Å²) >= 11 is 12.3. The highest BCUT2D eigenvalue weighted by atomic mass is 35.5. The average Bonchev–Trinajstić information content (AvgIpc) is 3.13. The van der Waals surface area contributed by atoms with Crippen LogP contribution in [-0.4, -0.2) is 16.0 Å². The van der Waals surface area contributed by atoms with Crippen molar-refractivity contribution in [3.63, 3.8) is 0 Å². The number of aryl methyl sites for hydroxylation is 1. The van der Waals surface area contributed by atoms with Crippen LogP contribution in [0.2, 0.25) is 10.0 Å². The Balaban J connectivity index is 2.22. The van der Waals surface area contributed by atoms with E-state index in [9.17, 15) is 0 Å². The summed E-state index contributed by atoms with van der Waals surface area (Å²) in [6.45, 7) is 2.03. The normalized spacial score (nSPS) is 15.1. The molecular formula is C13H13Cl2N3. The molecule has 1 aromatic heterocycles. The number of fused-ring (bicyclic) bond motifs is 1. The lowest BCUT2D eigenvalue weighted by Crippen LogP contribution is -2.07. The third kappa shape index (κ3) is 2.25. The zero-order valence-corrected chi connectivity index (χ0v) is 11.5. The van der Waals surface area contributed by atoms with Crippen LogP contribution in [0.4, 0.5) is 5.82 Å². The van der Waals surface area contributed by atoms with Crippen LogP contribution in [0.15, 0.2) is 12.1 Å². The van der Waals surface area contributed by atoms with Crippen LogP contribution in [-0.2, 0) is 6.42 Å². The van der Waals surface area contributed by atoms with Crippen LogP contribution in [0.1, 0.15) is 25.6 Å². The second-order valence-corrected chi connectivity index (χ2v) is 5.39. The first kappa shape index (κ1) is 12.0. The minimum Gasteiger partial charge on any atom is -0.367 e. The van der Waals surface area contributed by atoms with E-state index in [1.54, 1.807) is 6.07 Å². The summed E-state index contributed by atoms with van der Waals surface area (Å²) in [7, 11) is 0. The second kappa shape index (κ2) is 4.56. The summed E-state index contributed by atoms with van der Waals surface area (Å²) in [6, 6.07) is 4.12. The van der Waals surface area contributed by atoms with Gasteiger partial charge in [-0.1, -0.05) is 30.1 Å². The van der Waals surface area contributed by atoms with E-state index in [0.29, 0.717) is 16.1 Å². The highest BCUT2D eigenvalue weighted by Gasteiger charge is 2.23. The van der Waals surface area contributed by atoms with Gasteiger partial charge in [-0.3, -0.25) is 0 Å². The second-order valence-electron chi connectivity index (χ2n) is 4.54. The molecule has 0 saturated heterocycles. The maximum Gasteiger partial charge on any atom is 0.137 e. The predicted octanol–water partition coefficient (Wildman–Crippen LogP) is 4.07. The number of hydrogen-bond acceptors (Lipinski definition) is 3. The molecule has 0 radical (unpaired) electrons. The van der Waals surface area contributed by atoms with Gasteiger partial charge in [0.05, 0.1) is 10.5 Å². The number of anilines is 1. The molecule has 2 aromatic rings. The lowest BCUT2D eigenvalue weighted by molar-refractivity contribution is 0.953. The van der Waals surface area contributed by atoms with Crippen molar-refractivity contribution in [2.45, 2.75) is 32.2 Å². The maximum atomic E-state index is 6.21. The molecule has 1 aromatic carbocycles. The molecule has 0 spiro atoms. The molecule has 0 aliphatic heterocycles. The summed E-state index contributed by atoms with van der Waals surface area (Å²) in [5.74, 6) is 1.65. The van der Waals surface area contributed by atoms with Gasteiger partial charge >= 0.3 is 0 Å². The predicted molar refractivity (Wildman–Crippen MR) is 75.6 cm³/mol. The monoisotopic (exact) mass is 281 g/mol. The van der Waals surface area contributed by atoms with Crippen molar-refractivity contribution >= 4 is 39.9 Å². The van der Waals surface area contributed by atoms with Gasteiger partial charge in [0.1, 0.15) is 11.6 Å². The van der Waals surface area contributed by atoms with E-state index in [4.69, 9.17) is 23.2 Å². The van der Waals surface area contributed by atoms with Crippen molar-refractivity contribution < 1.29 is 0 Å². The Bertz CT molecular complexity index is 609. The first-order chi connectivity index (χ1) is 8.67. The van der Waals surface area contributed by atoms with Gasteiger partial charge in [0, 0.05) is 22.9 Å². The Labute approximate surface area is 116 Å². The molecule has 1 fully saturated rings. The smallest absolute Gasteiger partial charge is 0.137 e. The summed E-state index contributed by atoms with van der Waals surface area (Å²) in [6.07, 6.45) is 3.18. The molecule has 0 atom stereocenters. The van der Waals surface area contributed by atoms with Crippen LogP contribution >= 0.6 is 23.2 Å². The van der Waals surface area contributed by atoms with E-state index < -0.39 is 0 Å². The molecule has 1 aliphatic carbocycles. The summed E-state index contributed by atoms with van der Waals surface area (Å²) in [4.78, 5) is 9.02. The van der Waals surface area contributed by atoms with E-state index >= 15 is 0 Å². The van der Waals surface area contributed by atoms with Gasteiger partial charge in [-0.2, -0.15) is 0 Å². The zero-order chi connectivity index (χ0) is 12.7. The highest BCUT2D eigenvalue weighted by molar-refractivity contribution is 6.38. The molecule has 0 bridgehead atoms. The third-order valence-electron chi connectivity index (χ3n) is 3.00. The van der Waals surface area contributed by atoms with Gasteiger partial charge in [-0.25, -0.2) is 9.97 Å². The molecule has 18 heavy (non-hydrogen) atoms. The number of nitrogens with zero attached hydrogens (tertiary/aromatic N) is 2. The molecule has 1 aliphatic rings. The molecule has 0 amide bonds. The van der Waals surface area contributed by atoms with Gasteiger partial charge < -0.3 is 5.32 Å². The molecule has 0 unspecified atom stereocenters. The number of halogens is 2. The minimum atomic E-state index is 0.533. The fourth-order valence-electron chi connectivity index (χ4n) is 1.89. The number of aromatic nitrogens is 2. The number of benzene rings is 1. The Kier molecular flexibility index (Phi) is 3.04. The van der Waals surface area contributed by atoms with Crippen LogP contribution in [0, 0.1) is 0 Å². The minimum absolute atomic E-state index is 0.533. The Morgan fingerprint density at radius 1 is 1.28 bits per heavy atom. The molecule has 5 heteroatoms. The van der Waals surface area contributed by atoms with Crippen molar-refractivity contribution in [1.82, 2.24) is 9.97 Å². The van der Waals surface area contributed by atoms with Crippen molar-refractivity contribution in [1.29, 1.82) is 0 Å². The van der Waals surface area contributed by atoms with Crippen LogP contribution in [0.25, 0.3) is 10.9 Å². The number of hydrogen-bond donors (Lipinski definition) is 1. The van der Waals surface area contributed by atoms with Crippen molar-refractivity contribution in [3.05, 3.63) is 28.0 Å². The largest absolute Gasteiger partial charge is 0.367 e. The van der Waals surface area contributed by atoms with E-state index in [2.05, 4.69) is 15.3 Å². The number of rotatable bonds is 3. The zero-order valence-electron chi connectivity index (χ0n) is 10.0. The summed E-state index contributed by atoms with van der Waals surface area (Å²) < 4.78 is 0. The van der Waals surface area contributed by atoms with E-state index in [1.165, 1.54) is 12.8 Å². The molecule has 1 saturated carbocycles. The SMILES string of the molecule is CCc1nc(NC2CC2)c2cc(Cl)cc(Cl)c2n1. The molecule has 94 valence electrons. The molecule has 3 rings (SSSR count). The van der Waals surface area contributed by atoms with Gasteiger partial charge in [0.2, 0.25) is 0 Å². The molecule has 3 nitrogen and oxygen atoms in total. The van der Waals surface area contributed by atoms with Crippen molar-refractivity contribution in [3.8, 4) is 0 Å². The lowest BCUT2D eigenvalue weighted by Gasteiger charge is -2.10. The Hall–Kier alpha value is -1.06. The molecular weight excluding hydrogens is 269 g/mol. The molecule has 1 heterocycles. The quantitative estimate of drug-likeness (QED) is 0.922. The van der Waals surface area contributed by atoms with Crippen LogP contribution in [0.5, 0.6) is 0 Å². The topological polar surface area (TPSA) is 37.8 Å². The Morgan fingerprint density at radius 2 is 2.06 bits per heavy atom. The maximum absolute atomic E-state index is 6.21. The van der Waals surface area contributed by atoms with Gasteiger partial charge in [-0.15, -0.1) is 0 Å². The van der Waals surface area contributed by atoms with Gasteiger partial charge in [-0.05, 0) is 25.0 Å². The van der Waals surface area contributed by atoms with E-state index in [-0.39, 0.29) is 0 Å².